The number of rotatable bonds is 11. The Kier molecular flexibility index (Phi) is 10.3. The molecule has 10 heteroatoms. The van der Waals surface area contributed by atoms with Crippen LogP contribution < -0.4 is 9.88 Å². The van der Waals surface area contributed by atoms with E-state index >= 15 is 0 Å². The van der Waals surface area contributed by atoms with Gasteiger partial charge in [0, 0.05) is 37.8 Å². The Bertz CT molecular complexity index is 992. The van der Waals surface area contributed by atoms with Gasteiger partial charge in [0.25, 0.3) is 11.7 Å². The summed E-state index contributed by atoms with van der Waals surface area (Å²) in [6.45, 7) is 12.9. The Morgan fingerprint density at radius 1 is 1.12 bits per heavy atom. The van der Waals surface area contributed by atoms with Crippen LogP contribution in [0.3, 0.4) is 0 Å². The second-order valence-electron chi connectivity index (χ2n) is 8.86. The molecule has 0 atom stereocenters. The van der Waals surface area contributed by atoms with Crippen molar-refractivity contribution in [3.63, 3.8) is 0 Å². The molecule has 0 unspecified atom stereocenters. The summed E-state index contributed by atoms with van der Waals surface area (Å²) in [7, 11) is 3.24. The predicted octanol–water partition coefficient (Wildman–Crippen LogP) is 3.49. The zero-order valence-electron chi connectivity index (χ0n) is 21.4. The minimum atomic E-state index is -0.583. The maximum absolute atomic E-state index is 13.7. The molecule has 1 heterocycles. The number of carbonyl (C=O) groups excluding carboxylic acids is 2. The van der Waals surface area contributed by atoms with Gasteiger partial charge in [-0.25, -0.2) is 13.9 Å². The van der Waals surface area contributed by atoms with Crippen molar-refractivity contribution in [3.05, 3.63) is 28.0 Å². The van der Waals surface area contributed by atoms with Crippen molar-refractivity contribution in [2.45, 2.75) is 59.9 Å². The lowest BCUT2D eigenvalue weighted by molar-refractivity contribution is -0.676. The molecule has 1 aromatic carbocycles. The van der Waals surface area contributed by atoms with Crippen molar-refractivity contribution in [3.8, 4) is 0 Å². The zero-order valence-corrected chi connectivity index (χ0v) is 23.0. The van der Waals surface area contributed by atoms with Crippen LogP contribution in [0.15, 0.2) is 16.6 Å². The van der Waals surface area contributed by atoms with Crippen LogP contribution in [0.4, 0.5) is 4.79 Å². The van der Waals surface area contributed by atoms with Crippen molar-refractivity contribution in [1.29, 1.82) is 0 Å². The molecule has 0 aliphatic heterocycles. The van der Waals surface area contributed by atoms with E-state index in [4.69, 9.17) is 14.2 Å². The number of imidazole rings is 1. The average molecular weight is 542 g/mol. The van der Waals surface area contributed by atoms with Crippen LogP contribution >= 0.6 is 15.9 Å². The lowest BCUT2D eigenvalue weighted by Crippen LogP contribution is -2.41. The first-order valence-electron chi connectivity index (χ1n) is 11.6. The molecule has 0 bridgehead atoms. The third-order valence-corrected chi connectivity index (χ3v) is 5.77. The van der Waals surface area contributed by atoms with Crippen molar-refractivity contribution >= 4 is 39.0 Å². The predicted molar refractivity (Wildman–Crippen MR) is 134 cm³/mol. The van der Waals surface area contributed by atoms with E-state index in [2.05, 4.69) is 30.4 Å². The fourth-order valence-electron chi connectivity index (χ4n) is 3.89. The first-order chi connectivity index (χ1) is 16.1. The summed E-state index contributed by atoms with van der Waals surface area (Å²) in [5.41, 5.74) is 1.75. The van der Waals surface area contributed by atoms with Gasteiger partial charge in [-0.3, -0.25) is 4.79 Å². The maximum Gasteiger partial charge on any atom is 0.408 e. The van der Waals surface area contributed by atoms with Gasteiger partial charge in [0.2, 0.25) is 0 Å². The Morgan fingerprint density at radius 3 is 2.24 bits per heavy atom. The molecule has 0 saturated heterocycles. The molecule has 190 valence electrons. The number of ether oxygens (including phenoxy) is 3. The normalized spacial score (nSPS) is 11.6. The summed E-state index contributed by atoms with van der Waals surface area (Å²) in [6.07, 6.45) is -0.481. The van der Waals surface area contributed by atoms with Crippen LogP contribution in [0.5, 0.6) is 0 Å². The molecule has 1 N–H and O–H groups in total. The number of fused-ring (bicyclic) bond motifs is 1. The Hall–Kier alpha value is -2.17. The third kappa shape index (κ3) is 6.93. The minimum absolute atomic E-state index is 0.0949. The van der Waals surface area contributed by atoms with Crippen LogP contribution in [0.2, 0.25) is 0 Å². The molecule has 0 saturated carbocycles. The molecule has 0 spiro atoms. The smallest absolute Gasteiger partial charge is 0.408 e. The number of carbonyl (C=O) groups is 2. The molecule has 2 amide bonds. The molecule has 2 rings (SSSR count). The lowest BCUT2D eigenvalue weighted by Gasteiger charge is -2.22. The van der Waals surface area contributed by atoms with Crippen LogP contribution in [0.1, 0.15) is 50.8 Å². The molecule has 0 fully saturated rings. The van der Waals surface area contributed by atoms with Gasteiger partial charge in [0.1, 0.15) is 12.1 Å². The summed E-state index contributed by atoms with van der Waals surface area (Å²) in [5.74, 6) is 0.792. The highest BCUT2D eigenvalue weighted by Crippen LogP contribution is 2.26. The number of amides is 2. The molecule has 0 radical (unpaired) electrons. The van der Waals surface area contributed by atoms with E-state index in [1.54, 1.807) is 19.1 Å². The fourth-order valence-corrected chi connectivity index (χ4v) is 4.33. The number of benzene rings is 1. The van der Waals surface area contributed by atoms with E-state index in [1.807, 2.05) is 46.8 Å². The Balaban J connectivity index is 2.57. The highest BCUT2D eigenvalue weighted by Gasteiger charge is 2.31. The van der Waals surface area contributed by atoms with E-state index in [1.165, 1.54) is 0 Å². The van der Waals surface area contributed by atoms with Gasteiger partial charge in [0.05, 0.1) is 31.9 Å². The van der Waals surface area contributed by atoms with E-state index in [-0.39, 0.29) is 12.5 Å². The van der Waals surface area contributed by atoms with E-state index in [0.717, 1.165) is 21.3 Å². The number of nitrogens with zero attached hydrogens (tertiary/aromatic N) is 3. The molecule has 0 aliphatic carbocycles. The molecule has 9 nitrogen and oxygen atoms in total. The van der Waals surface area contributed by atoms with Crippen LogP contribution in [-0.4, -0.2) is 67.6 Å². The Labute approximate surface area is 210 Å². The number of hydrogen-bond acceptors (Lipinski definition) is 5. The van der Waals surface area contributed by atoms with Crippen molar-refractivity contribution in [2.75, 3.05) is 40.5 Å². The second-order valence-corrected chi connectivity index (χ2v) is 9.77. The topological polar surface area (TPSA) is 85.9 Å². The van der Waals surface area contributed by atoms with Gasteiger partial charge in [0.15, 0.2) is 11.0 Å². The largest absolute Gasteiger partial charge is 0.444 e. The quantitative estimate of drug-likeness (QED) is 0.440. The lowest BCUT2D eigenvalue weighted by atomic mass is 10.1. The number of alkyl carbamates (subject to hydrolysis) is 1. The average Bonchev–Trinajstić information content (AvgIpc) is 3.07. The third-order valence-electron chi connectivity index (χ3n) is 5.31. The standard InChI is InChI=1S/C24H37BrN4O5/c1-8-28-19-15-17(25)14-18(22(30)27(10-12-32-6)11-13-33-7)21(19)29(9-2)20(28)16-26-23(31)34-24(3,4)5/h14-15H,8-13,16H2,1-7H3/p+1. The van der Waals surface area contributed by atoms with Gasteiger partial charge in [-0.15, -0.1) is 0 Å². The number of hydrogen-bond donors (Lipinski definition) is 1. The van der Waals surface area contributed by atoms with Crippen LogP contribution in [0.25, 0.3) is 11.0 Å². The molecular weight excluding hydrogens is 504 g/mol. The first-order valence-corrected chi connectivity index (χ1v) is 12.4. The highest BCUT2D eigenvalue weighted by atomic mass is 79.9. The maximum atomic E-state index is 13.7. The van der Waals surface area contributed by atoms with Crippen molar-refractivity contribution < 1.29 is 28.4 Å². The molecule has 0 aliphatic rings. The number of aryl methyl sites for hydroxylation is 2. The number of halogens is 1. The number of nitrogens with one attached hydrogen (secondary N) is 1. The molecule has 1 aromatic heterocycles. The van der Waals surface area contributed by atoms with Gasteiger partial charge in [-0.1, -0.05) is 15.9 Å². The van der Waals surface area contributed by atoms with E-state index in [9.17, 15) is 9.59 Å². The van der Waals surface area contributed by atoms with Gasteiger partial charge in [-0.05, 0) is 40.7 Å². The fraction of sp³-hybridized carbons (Fsp3) is 0.625. The van der Waals surface area contributed by atoms with Gasteiger partial charge >= 0.3 is 6.09 Å². The van der Waals surface area contributed by atoms with Crippen LogP contribution in [-0.2, 0) is 33.8 Å². The number of aromatic nitrogens is 2. The number of methoxy groups -OCH3 is 2. The van der Waals surface area contributed by atoms with Crippen LogP contribution in [0, 0.1) is 0 Å². The zero-order chi connectivity index (χ0) is 25.5. The molecular formula is C24H38BrN4O5+. The Morgan fingerprint density at radius 2 is 1.74 bits per heavy atom. The summed E-state index contributed by atoms with van der Waals surface area (Å²) >= 11 is 3.59. The summed E-state index contributed by atoms with van der Waals surface area (Å²) < 4.78 is 20.9. The molecule has 34 heavy (non-hydrogen) atoms. The van der Waals surface area contributed by atoms with E-state index in [0.29, 0.717) is 45.0 Å². The first kappa shape index (κ1) is 28.1. The minimum Gasteiger partial charge on any atom is -0.444 e. The SMILES string of the molecule is CCn1c(CNC(=O)OC(C)(C)C)[n+](CC)c2cc(Br)cc(C(=O)N(CCOC)CCOC)c21. The van der Waals surface area contributed by atoms with Crippen molar-refractivity contribution in [1.82, 2.24) is 14.8 Å². The second kappa shape index (κ2) is 12.5. The summed E-state index contributed by atoms with van der Waals surface area (Å²) in [4.78, 5) is 27.8. The van der Waals surface area contributed by atoms with Gasteiger partial charge in [-0.2, -0.15) is 0 Å². The van der Waals surface area contributed by atoms with Crippen molar-refractivity contribution in [2.24, 2.45) is 0 Å². The highest BCUT2D eigenvalue weighted by molar-refractivity contribution is 9.10. The summed E-state index contributed by atoms with van der Waals surface area (Å²) in [6, 6.07) is 3.86. The summed E-state index contributed by atoms with van der Waals surface area (Å²) in [5, 5.41) is 2.86. The van der Waals surface area contributed by atoms with E-state index < -0.39 is 11.7 Å². The molecule has 2 aromatic rings. The van der Waals surface area contributed by atoms with Gasteiger partial charge < -0.3 is 24.4 Å². The monoisotopic (exact) mass is 541 g/mol.